The van der Waals surface area contributed by atoms with Crippen molar-refractivity contribution >= 4 is 71.6 Å². The minimum Gasteiger partial charge on any atom is -0.454 e. The van der Waals surface area contributed by atoms with Crippen LogP contribution < -0.4 is 4.90 Å². The first-order chi connectivity index (χ1) is 24.3. The van der Waals surface area contributed by atoms with Gasteiger partial charge in [0, 0.05) is 38.6 Å². The average molecular weight is 627 g/mol. The van der Waals surface area contributed by atoms with Crippen molar-refractivity contribution in [2.45, 2.75) is 0 Å². The Morgan fingerprint density at radius 1 is 0.429 bits per heavy atom. The Morgan fingerprint density at radius 3 is 1.94 bits per heavy atom. The summed E-state index contributed by atoms with van der Waals surface area (Å²) in [4.78, 5) is 2.37. The maximum Gasteiger partial charge on any atom is 0.160 e. The number of benzene rings is 8. The second-order valence-corrected chi connectivity index (χ2v) is 12.6. The lowest BCUT2D eigenvalue weighted by atomic mass is 10.0. The largest absolute Gasteiger partial charge is 0.454 e. The highest BCUT2D eigenvalue weighted by Gasteiger charge is 2.23. The zero-order valence-electron chi connectivity index (χ0n) is 26.6. The Labute approximate surface area is 283 Å². The lowest BCUT2D eigenvalue weighted by Gasteiger charge is -2.27. The van der Waals surface area contributed by atoms with E-state index in [2.05, 4.69) is 185 Å². The molecule has 0 saturated heterocycles. The van der Waals surface area contributed by atoms with Gasteiger partial charge in [0.25, 0.3) is 0 Å². The molecule has 0 spiro atoms. The number of furan rings is 1. The average Bonchev–Trinajstić information content (AvgIpc) is 3.72. The standard InChI is InChI=1S/C46H30N2O/c1-3-14-31(15-4-1)32-17-13-20-35(28-32)47(43-29-33-16-7-8-21-37(33)45-39-23-10-12-25-44(39)49-46(43)45)36-26-27-42-40(30-36)38-22-9-11-24-41(38)48(42)34-18-5-2-6-19-34/h1-30H. The number of hydrogen-bond acceptors (Lipinski definition) is 2. The summed E-state index contributed by atoms with van der Waals surface area (Å²) < 4.78 is 9.17. The van der Waals surface area contributed by atoms with Crippen molar-refractivity contribution in [1.29, 1.82) is 0 Å². The molecular formula is C46H30N2O. The summed E-state index contributed by atoms with van der Waals surface area (Å²) in [6.45, 7) is 0. The normalized spacial score (nSPS) is 11.7. The van der Waals surface area contributed by atoms with E-state index in [1.807, 2.05) is 6.07 Å². The molecule has 0 fully saturated rings. The van der Waals surface area contributed by atoms with Gasteiger partial charge in [0.1, 0.15) is 5.58 Å². The van der Waals surface area contributed by atoms with Crippen molar-refractivity contribution in [3.8, 4) is 16.8 Å². The zero-order valence-corrected chi connectivity index (χ0v) is 26.6. The van der Waals surface area contributed by atoms with Crippen LogP contribution in [0.3, 0.4) is 0 Å². The van der Waals surface area contributed by atoms with Crippen molar-refractivity contribution in [1.82, 2.24) is 4.57 Å². The first-order valence-corrected chi connectivity index (χ1v) is 16.7. The molecule has 0 aliphatic heterocycles. The van der Waals surface area contributed by atoms with Gasteiger partial charge in [0.2, 0.25) is 0 Å². The van der Waals surface area contributed by atoms with Crippen LogP contribution in [-0.2, 0) is 0 Å². The highest BCUT2D eigenvalue weighted by atomic mass is 16.3. The third-order valence-electron chi connectivity index (χ3n) is 9.73. The van der Waals surface area contributed by atoms with Crippen LogP contribution in [0.1, 0.15) is 0 Å². The number of nitrogens with zero attached hydrogens (tertiary/aromatic N) is 2. The van der Waals surface area contributed by atoms with Crippen LogP contribution in [0.4, 0.5) is 17.1 Å². The summed E-state index contributed by atoms with van der Waals surface area (Å²) in [6, 6.07) is 64.9. The fourth-order valence-electron chi connectivity index (χ4n) is 7.56. The molecule has 0 atom stereocenters. The summed E-state index contributed by atoms with van der Waals surface area (Å²) in [7, 11) is 0. The maximum atomic E-state index is 6.80. The monoisotopic (exact) mass is 626 g/mol. The first-order valence-electron chi connectivity index (χ1n) is 16.7. The molecule has 0 radical (unpaired) electrons. The van der Waals surface area contributed by atoms with Crippen LogP contribution >= 0.6 is 0 Å². The molecule has 8 aromatic carbocycles. The lowest BCUT2D eigenvalue weighted by molar-refractivity contribution is 0.669. The first kappa shape index (κ1) is 27.5. The molecule has 0 aliphatic rings. The predicted molar refractivity (Wildman–Crippen MR) is 206 cm³/mol. The second-order valence-electron chi connectivity index (χ2n) is 12.6. The topological polar surface area (TPSA) is 21.3 Å². The summed E-state index contributed by atoms with van der Waals surface area (Å²) in [5, 5.41) is 7.02. The molecule has 2 aromatic heterocycles. The zero-order chi connectivity index (χ0) is 32.3. The van der Waals surface area contributed by atoms with Gasteiger partial charge in [-0.1, -0.05) is 121 Å². The van der Waals surface area contributed by atoms with Crippen molar-refractivity contribution in [3.63, 3.8) is 0 Å². The van der Waals surface area contributed by atoms with Crippen molar-refractivity contribution in [2.24, 2.45) is 0 Å². The highest BCUT2D eigenvalue weighted by molar-refractivity contribution is 6.23. The molecule has 0 amide bonds. The molecular weight excluding hydrogens is 597 g/mol. The quantitative estimate of drug-likeness (QED) is 0.190. The fraction of sp³-hybridized carbons (Fsp3) is 0. The van der Waals surface area contributed by atoms with E-state index in [4.69, 9.17) is 4.42 Å². The summed E-state index contributed by atoms with van der Waals surface area (Å²) in [6.07, 6.45) is 0. The summed E-state index contributed by atoms with van der Waals surface area (Å²) in [5.41, 5.74) is 10.7. The van der Waals surface area contributed by atoms with Crippen molar-refractivity contribution in [2.75, 3.05) is 4.90 Å². The van der Waals surface area contributed by atoms with Crippen LogP contribution in [-0.4, -0.2) is 4.57 Å². The molecule has 0 bridgehead atoms. The molecule has 49 heavy (non-hydrogen) atoms. The highest BCUT2D eigenvalue weighted by Crippen LogP contribution is 2.47. The van der Waals surface area contributed by atoms with Crippen LogP contribution in [0.5, 0.6) is 0 Å². The smallest absolute Gasteiger partial charge is 0.160 e. The van der Waals surface area contributed by atoms with Crippen LogP contribution in [0.25, 0.3) is 71.3 Å². The van der Waals surface area contributed by atoms with E-state index in [0.29, 0.717) is 0 Å². The van der Waals surface area contributed by atoms with E-state index in [-0.39, 0.29) is 0 Å². The van der Waals surface area contributed by atoms with Crippen LogP contribution in [0.2, 0.25) is 0 Å². The van der Waals surface area contributed by atoms with Crippen molar-refractivity contribution in [3.05, 3.63) is 182 Å². The molecule has 0 unspecified atom stereocenters. The molecule has 3 heteroatoms. The number of hydrogen-bond donors (Lipinski definition) is 0. The number of aromatic nitrogens is 1. The number of anilines is 3. The van der Waals surface area contributed by atoms with Gasteiger partial charge in [0.05, 0.1) is 16.7 Å². The third-order valence-corrected chi connectivity index (χ3v) is 9.73. The molecule has 0 saturated carbocycles. The van der Waals surface area contributed by atoms with Gasteiger partial charge in [-0.25, -0.2) is 0 Å². The fourth-order valence-corrected chi connectivity index (χ4v) is 7.56. The summed E-state index contributed by atoms with van der Waals surface area (Å²) in [5.74, 6) is 0. The molecule has 2 heterocycles. The van der Waals surface area contributed by atoms with Gasteiger partial charge in [-0.05, 0) is 82.6 Å². The molecule has 3 nitrogen and oxygen atoms in total. The van der Waals surface area contributed by atoms with E-state index < -0.39 is 0 Å². The second kappa shape index (κ2) is 11.0. The van der Waals surface area contributed by atoms with E-state index >= 15 is 0 Å². The minimum atomic E-state index is 0.872. The molecule has 0 aliphatic carbocycles. The van der Waals surface area contributed by atoms with Gasteiger partial charge >= 0.3 is 0 Å². The Balaban J connectivity index is 1.29. The molecule has 0 N–H and O–H groups in total. The number of rotatable bonds is 5. The van der Waals surface area contributed by atoms with Gasteiger partial charge in [-0.15, -0.1) is 0 Å². The SMILES string of the molecule is c1ccc(-c2cccc(N(c3ccc4c(c3)c3ccccc3n4-c3ccccc3)c3cc4ccccc4c4c3oc3ccccc34)c2)cc1. The Bertz CT molecular complexity index is 2830. The van der Waals surface area contributed by atoms with E-state index in [1.54, 1.807) is 0 Å². The maximum absolute atomic E-state index is 6.80. The Kier molecular flexibility index (Phi) is 6.18. The molecule has 230 valence electrons. The third kappa shape index (κ3) is 4.37. The van der Waals surface area contributed by atoms with Crippen molar-refractivity contribution < 1.29 is 4.42 Å². The number of para-hydroxylation sites is 3. The Morgan fingerprint density at radius 2 is 1.08 bits per heavy atom. The van der Waals surface area contributed by atoms with Gasteiger partial charge in [-0.2, -0.15) is 0 Å². The van der Waals surface area contributed by atoms with E-state index in [9.17, 15) is 0 Å². The van der Waals surface area contributed by atoms with Gasteiger partial charge in [-0.3, -0.25) is 0 Å². The van der Waals surface area contributed by atoms with Gasteiger partial charge < -0.3 is 13.9 Å². The minimum absolute atomic E-state index is 0.872. The molecule has 10 aromatic rings. The van der Waals surface area contributed by atoms with Crippen LogP contribution in [0.15, 0.2) is 186 Å². The lowest BCUT2D eigenvalue weighted by Crippen LogP contribution is -2.10. The molecule has 10 rings (SSSR count). The van der Waals surface area contributed by atoms with E-state index in [0.717, 1.165) is 50.3 Å². The van der Waals surface area contributed by atoms with Crippen LogP contribution in [0, 0.1) is 0 Å². The number of fused-ring (bicyclic) bond motifs is 8. The van der Waals surface area contributed by atoms with Gasteiger partial charge in [0.15, 0.2) is 5.58 Å². The Hall–Kier alpha value is -6.58. The summed E-state index contributed by atoms with van der Waals surface area (Å²) >= 11 is 0. The predicted octanol–water partition coefficient (Wildman–Crippen LogP) is 13.0. The van der Waals surface area contributed by atoms with E-state index in [1.165, 1.54) is 38.1 Å².